The first kappa shape index (κ1) is 12.0. The van der Waals surface area contributed by atoms with Crippen LogP contribution in [0.5, 0.6) is 5.75 Å². The van der Waals surface area contributed by atoms with E-state index in [0.717, 1.165) is 4.73 Å². The van der Waals surface area contributed by atoms with E-state index >= 15 is 0 Å². The second kappa shape index (κ2) is 4.40. The van der Waals surface area contributed by atoms with Crippen molar-refractivity contribution in [1.82, 2.24) is 4.73 Å². The number of rotatable bonds is 2. The average molecular weight is 248 g/mol. The van der Waals surface area contributed by atoms with E-state index in [1.807, 2.05) is 0 Å². The Morgan fingerprint density at radius 1 is 1.39 bits per heavy atom. The number of nitrogen functional groups attached to an aromatic ring is 1. The quantitative estimate of drug-likeness (QED) is 0.839. The summed E-state index contributed by atoms with van der Waals surface area (Å²) in [5.41, 5.74) is 5.36. The van der Waals surface area contributed by atoms with Crippen molar-refractivity contribution in [2.45, 2.75) is 6.92 Å². The lowest BCUT2D eigenvalue weighted by Crippen LogP contribution is -2.31. The Bertz CT molecular complexity index is 676. The predicted molar refractivity (Wildman–Crippen MR) is 66.4 cm³/mol. The van der Waals surface area contributed by atoms with Gasteiger partial charge in [0.05, 0.1) is 7.11 Å². The average Bonchev–Trinajstić information content (AvgIpc) is 2.33. The Morgan fingerprint density at radius 3 is 2.72 bits per heavy atom. The van der Waals surface area contributed by atoms with Gasteiger partial charge in [-0.15, -0.1) is 4.73 Å². The van der Waals surface area contributed by atoms with Crippen LogP contribution >= 0.6 is 0 Å². The molecule has 18 heavy (non-hydrogen) atoms. The summed E-state index contributed by atoms with van der Waals surface area (Å²) in [7, 11) is 1.47. The smallest absolute Gasteiger partial charge is 0.330 e. The fraction of sp³-hybridized carbons (Fsp3) is 0.167. The lowest BCUT2D eigenvalue weighted by atomic mass is 10.2. The van der Waals surface area contributed by atoms with Crippen LogP contribution in [0.3, 0.4) is 0 Å². The third kappa shape index (κ3) is 1.88. The predicted octanol–water partition coefficient (Wildman–Crippen LogP) is 0.567. The van der Waals surface area contributed by atoms with E-state index in [9.17, 15) is 9.59 Å². The van der Waals surface area contributed by atoms with Crippen LogP contribution in [0.25, 0.3) is 10.9 Å². The van der Waals surface area contributed by atoms with Crippen molar-refractivity contribution in [1.29, 1.82) is 0 Å². The van der Waals surface area contributed by atoms with Crippen LogP contribution in [0.4, 0.5) is 5.69 Å². The molecule has 0 radical (unpaired) electrons. The molecule has 0 amide bonds. The number of carbonyl (C=O) groups excluding carboxylic acids is 1. The van der Waals surface area contributed by atoms with Crippen LogP contribution in [-0.4, -0.2) is 17.8 Å². The van der Waals surface area contributed by atoms with Gasteiger partial charge in [-0.2, -0.15) is 0 Å². The molecule has 6 heteroatoms. The molecule has 1 aromatic carbocycles. The van der Waals surface area contributed by atoms with Gasteiger partial charge in [0.2, 0.25) is 0 Å². The number of carbonyl (C=O) groups is 1. The van der Waals surface area contributed by atoms with Gasteiger partial charge >= 0.3 is 11.5 Å². The van der Waals surface area contributed by atoms with Crippen LogP contribution in [-0.2, 0) is 4.79 Å². The molecule has 0 bridgehead atoms. The van der Waals surface area contributed by atoms with Gasteiger partial charge in [-0.25, -0.2) is 4.79 Å². The van der Waals surface area contributed by atoms with Crippen LogP contribution < -0.4 is 20.9 Å². The highest BCUT2D eigenvalue weighted by atomic mass is 16.7. The minimum atomic E-state index is -0.616. The molecule has 0 fully saturated rings. The van der Waals surface area contributed by atoms with Crippen LogP contribution in [0, 0.1) is 0 Å². The molecule has 0 atom stereocenters. The Kier molecular flexibility index (Phi) is 2.93. The zero-order valence-electron chi connectivity index (χ0n) is 9.97. The second-order valence-electron chi connectivity index (χ2n) is 3.68. The number of pyridine rings is 1. The SMILES string of the molecule is COc1cccc2cc(N)c(=O)n(OC(C)=O)c12. The van der Waals surface area contributed by atoms with Crippen molar-refractivity contribution in [2.24, 2.45) is 0 Å². The Balaban J connectivity index is 2.89. The van der Waals surface area contributed by atoms with Gasteiger partial charge in [0.1, 0.15) is 17.0 Å². The first-order chi connectivity index (χ1) is 8.54. The van der Waals surface area contributed by atoms with Gasteiger partial charge in [-0.3, -0.25) is 4.79 Å². The number of benzene rings is 1. The van der Waals surface area contributed by atoms with Gasteiger partial charge in [-0.05, 0) is 12.1 Å². The molecule has 1 aromatic heterocycles. The number of hydrogen-bond donors (Lipinski definition) is 1. The molecule has 0 unspecified atom stereocenters. The number of anilines is 1. The van der Waals surface area contributed by atoms with Crippen molar-refractivity contribution < 1.29 is 14.4 Å². The van der Waals surface area contributed by atoms with Crippen LogP contribution in [0.1, 0.15) is 6.92 Å². The molecule has 0 aliphatic carbocycles. The number of methoxy groups -OCH3 is 1. The third-order valence-electron chi connectivity index (χ3n) is 2.42. The lowest BCUT2D eigenvalue weighted by molar-refractivity contribution is -0.141. The summed E-state index contributed by atoms with van der Waals surface area (Å²) >= 11 is 0. The number of hydrogen-bond acceptors (Lipinski definition) is 5. The highest BCUT2D eigenvalue weighted by Gasteiger charge is 2.13. The number of para-hydroxylation sites is 1. The summed E-state index contributed by atoms with van der Waals surface area (Å²) in [6, 6.07) is 6.68. The Labute approximate surface area is 102 Å². The summed E-state index contributed by atoms with van der Waals surface area (Å²) in [6.45, 7) is 1.21. The Hall–Kier alpha value is -2.50. The minimum Gasteiger partial charge on any atom is -0.494 e. The number of nitrogens with two attached hydrogens (primary N) is 1. The van der Waals surface area contributed by atoms with Crippen LogP contribution in [0.15, 0.2) is 29.1 Å². The molecule has 94 valence electrons. The highest BCUT2D eigenvalue weighted by molar-refractivity contribution is 5.87. The summed E-state index contributed by atoms with van der Waals surface area (Å²) in [5.74, 6) is -0.194. The fourth-order valence-electron chi connectivity index (χ4n) is 1.70. The fourth-order valence-corrected chi connectivity index (χ4v) is 1.70. The van der Waals surface area contributed by atoms with Gasteiger partial charge in [-0.1, -0.05) is 12.1 Å². The molecule has 1 heterocycles. The lowest BCUT2D eigenvalue weighted by Gasteiger charge is -2.12. The van der Waals surface area contributed by atoms with E-state index in [1.165, 1.54) is 20.1 Å². The van der Waals surface area contributed by atoms with Crippen molar-refractivity contribution in [3.05, 3.63) is 34.6 Å². The molecule has 0 saturated carbocycles. The molecule has 0 aliphatic heterocycles. The van der Waals surface area contributed by atoms with E-state index in [0.29, 0.717) is 16.7 Å². The maximum absolute atomic E-state index is 11.9. The van der Waals surface area contributed by atoms with Crippen molar-refractivity contribution in [3.63, 3.8) is 0 Å². The molecule has 2 N–H and O–H groups in total. The zero-order valence-corrected chi connectivity index (χ0v) is 9.97. The molecule has 0 saturated heterocycles. The largest absolute Gasteiger partial charge is 0.494 e. The first-order valence-electron chi connectivity index (χ1n) is 5.21. The van der Waals surface area contributed by atoms with E-state index < -0.39 is 11.5 Å². The van der Waals surface area contributed by atoms with Gasteiger partial charge < -0.3 is 15.3 Å². The Morgan fingerprint density at radius 2 is 2.11 bits per heavy atom. The molecular formula is C12H12N2O4. The first-order valence-corrected chi connectivity index (χ1v) is 5.21. The number of nitrogens with zero attached hydrogens (tertiary/aromatic N) is 1. The zero-order chi connectivity index (χ0) is 13.3. The molecule has 2 aromatic rings. The highest BCUT2D eigenvalue weighted by Crippen LogP contribution is 2.24. The van der Waals surface area contributed by atoms with Crippen LogP contribution in [0.2, 0.25) is 0 Å². The molecule has 0 aliphatic rings. The molecule has 0 spiro atoms. The van der Waals surface area contributed by atoms with Gasteiger partial charge in [0.25, 0.3) is 0 Å². The van der Waals surface area contributed by atoms with E-state index in [4.69, 9.17) is 15.3 Å². The molecular weight excluding hydrogens is 236 g/mol. The van der Waals surface area contributed by atoms with E-state index in [2.05, 4.69) is 0 Å². The summed E-state index contributed by atoms with van der Waals surface area (Å²) < 4.78 is 6.01. The monoisotopic (exact) mass is 248 g/mol. The number of fused-ring (bicyclic) bond motifs is 1. The summed E-state index contributed by atoms with van der Waals surface area (Å²) in [4.78, 5) is 27.8. The maximum atomic E-state index is 11.9. The van der Waals surface area contributed by atoms with Crippen molar-refractivity contribution >= 4 is 22.6 Å². The number of ether oxygens (including phenoxy) is 1. The van der Waals surface area contributed by atoms with Gasteiger partial charge in [0.15, 0.2) is 0 Å². The summed E-state index contributed by atoms with van der Waals surface area (Å²) in [5, 5.41) is 0.646. The van der Waals surface area contributed by atoms with Gasteiger partial charge in [0, 0.05) is 12.3 Å². The van der Waals surface area contributed by atoms with E-state index in [1.54, 1.807) is 18.2 Å². The standard InChI is InChI=1S/C12H12N2O4/c1-7(15)18-14-11-8(6-9(13)12(14)16)4-3-5-10(11)17-2/h3-6H,13H2,1-2H3. The van der Waals surface area contributed by atoms with E-state index in [-0.39, 0.29) is 5.69 Å². The second-order valence-corrected chi connectivity index (χ2v) is 3.68. The van der Waals surface area contributed by atoms with Crippen molar-refractivity contribution in [2.75, 3.05) is 12.8 Å². The summed E-state index contributed by atoms with van der Waals surface area (Å²) in [6.07, 6.45) is 0. The third-order valence-corrected chi connectivity index (χ3v) is 2.42. The normalized spacial score (nSPS) is 10.3. The molecule has 6 nitrogen and oxygen atoms in total. The minimum absolute atomic E-state index is 0.00277. The number of aromatic nitrogens is 1. The topological polar surface area (TPSA) is 83.6 Å². The maximum Gasteiger partial charge on any atom is 0.330 e. The van der Waals surface area contributed by atoms with Crippen molar-refractivity contribution in [3.8, 4) is 5.75 Å². The molecule has 2 rings (SSSR count).